The Labute approximate surface area is 149 Å². The molecule has 2 aromatic rings. The molecule has 1 aliphatic rings. The number of hydrogen-bond donors (Lipinski definition) is 1. The molecule has 1 N–H and O–H groups in total. The zero-order chi connectivity index (χ0) is 17.8. The van der Waals surface area contributed by atoms with Crippen molar-refractivity contribution in [2.45, 2.75) is 32.2 Å². The lowest BCUT2D eigenvalue weighted by molar-refractivity contribution is 0.0661. The average molecular weight is 339 g/mol. The molecule has 0 unspecified atom stereocenters. The van der Waals surface area contributed by atoms with Crippen molar-refractivity contribution in [3.63, 3.8) is 0 Å². The summed E-state index contributed by atoms with van der Waals surface area (Å²) in [5.74, 6) is 0.775. The van der Waals surface area contributed by atoms with Gasteiger partial charge in [-0.25, -0.2) is 0 Å². The van der Waals surface area contributed by atoms with Crippen LogP contribution in [0.4, 0.5) is 0 Å². The molecule has 132 valence electrons. The van der Waals surface area contributed by atoms with Crippen molar-refractivity contribution in [3.05, 3.63) is 64.7 Å². The van der Waals surface area contributed by atoms with Crippen molar-refractivity contribution < 1.29 is 14.6 Å². The number of carbonyl (C=O) groups is 1. The number of aliphatic hydroxyl groups excluding tert-OH is 1. The molecule has 0 spiro atoms. The molecule has 0 saturated carbocycles. The third kappa shape index (κ3) is 3.54. The van der Waals surface area contributed by atoms with E-state index in [0.717, 1.165) is 24.2 Å². The number of methoxy groups -OCH3 is 1. The van der Waals surface area contributed by atoms with Crippen molar-refractivity contribution in [3.8, 4) is 5.75 Å². The third-order valence-corrected chi connectivity index (χ3v) is 4.96. The molecule has 0 heterocycles. The summed E-state index contributed by atoms with van der Waals surface area (Å²) in [5, 5.41) is 9.27. The van der Waals surface area contributed by atoms with Gasteiger partial charge in [0, 0.05) is 18.7 Å². The van der Waals surface area contributed by atoms with Crippen molar-refractivity contribution in [1.82, 2.24) is 4.90 Å². The van der Waals surface area contributed by atoms with E-state index in [9.17, 15) is 9.90 Å². The van der Waals surface area contributed by atoms with Crippen molar-refractivity contribution in [2.75, 3.05) is 20.3 Å². The molecule has 0 bridgehead atoms. The van der Waals surface area contributed by atoms with Crippen molar-refractivity contribution in [1.29, 1.82) is 0 Å². The number of nitrogens with zero attached hydrogens (tertiary/aromatic N) is 1. The highest BCUT2D eigenvalue weighted by Gasteiger charge is 2.31. The van der Waals surface area contributed by atoms with Gasteiger partial charge in [0.1, 0.15) is 5.75 Å². The molecule has 0 radical (unpaired) electrons. The van der Waals surface area contributed by atoms with Gasteiger partial charge < -0.3 is 14.7 Å². The molecule has 25 heavy (non-hydrogen) atoms. The van der Waals surface area contributed by atoms with Crippen LogP contribution in [0.3, 0.4) is 0 Å². The number of benzene rings is 2. The summed E-state index contributed by atoms with van der Waals surface area (Å²) in [6.45, 7) is 2.57. The van der Waals surface area contributed by atoms with Crippen LogP contribution >= 0.6 is 0 Å². The number of amides is 1. The molecule has 0 fully saturated rings. The Morgan fingerprint density at radius 1 is 1.28 bits per heavy atom. The SMILES string of the molecule is COc1ccc(C(=O)N(CCCO)[C@H]2CCc3ccccc32)c(C)c1. The first kappa shape index (κ1) is 17.5. The minimum absolute atomic E-state index is 0.0234. The van der Waals surface area contributed by atoms with Gasteiger partial charge in [0.05, 0.1) is 13.2 Å². The van der Waals surface area contributed by atoms with E-state index >= 15 is 0 Å². The van der Waals surface area contributed by atoms with E-state index in [2.05, 4.69) is 18.2 Å². The van der Waals surface area contributed by atoms with Gasteiger partial charge in [0.2, 0.25) is 0 Å². The van der Waals surface area contributed by atoms with E-state index in [1.54, 1.807) is 7.11 Å². The number of aryl methyl sites for hydroxylation is 2. The van der Waals surface area contributed by atoms with Gasteiger partial charge in [-0.05, 0) is 61.1 Å². The van der Waals surface area contributed by atoms with Gasteiger partial charge in [-0.15, -0.1) is 0 Å². The number of fused-ring (bicyclic) bond motifs is 1. The lowest BCUT2D eigenvalue weighted by Gasteiger charge is -2.30. The van der Waals surface area contributed by atoms with Crippen LogP contribution in [-0.4, -0.2) is 36.2 Å². The summed E-state index contributed by atoms with van der Waals surface area (Å²) in [7, 11) is 1.62. The fraction of sp³-hybridized carbons (Fsp3) is 0.381. The lowest BCUT2D eigenvalue weighted by atomic mass is 10.0. The van der Waals surface area contributed by atoms with Gasteiger partial charge in [0.15, 0.2) is 0 Å². The zero-order valence-electron chi connectivity index (χ0n) is 14.9. The van der Waals surface area contributed by atoms with E-state index in [1.807, 2.05) is 36.1 Å². The van der Waals surface area contributed by atoms with Crippen LogP contribution in [0.15, 0.2) is 42.5 Å². The molecule has 4 nitrogen and oxygen atoms in total. The molecule has 0 aromatic heterocycles. The van der Waals surface area contributed by atoms with Crippen LogP contribution in [0.1, 0.15) is 45.9 Å². The van der Waals surface area contributed by atoms with E-state index < -0.39 is 0 Å². The fourth-order valence-corrected chi connectivity index (χ4v) is 3.66. The summed E-state index contributed by atoms with van der Waals surface area (Å²) in [6.07, 6.45) is 2.51. The first-order valence-corrected chi connectivity index (χ1v) is 8.80. The smallest absolute Gasteiger partial charge is 0.254 e. The largest absolute Gasteiger partial charge is 0.497 e. The molecule has 2 aromatic carbocycles. The molecule has 3 rings (SSSR count). The molecule has 1 aliphatic carbocycles. The molecule has 4 heteroatoms. The first-order valence-electron chi connectivity index (χ1n) is 8.80. The van der Waals surface area contributed by atoms with E-state index in [1.165, 1.54) is 11.1 Å². The molecule has 0 aliphatic heterocycles. The van der Waals surface area contributed by atoms with Crippen LogP contribution in [0, 0.1) is 6.92 Å². The second-order valence-electron chi connectivity index (χ2n) is 6.51. The quantitative estimate of drug-likeness (QED) is 0.876. The minimum atomic E-state index is 0.0234. The Bertz CT molecular complexity index is 757. The Kier molecular flexibility index (Phi) is 5.39. The zero-order valence-corrected chi connectivity index (χ0v) is 14.9. The first-order chi connectivity index (χ1) is 12.2. The van der Waals surface area contributed by atoms with E-state index in [-0.39, 0.29) is 18.6 Å². The maximum Gasteiger partial charge on any atom is 0.254 e. The third-order valence-electron chi connectivity index (χ3n) is 4.96. The minimum Gasteiger partial charge on any atom is -0.497 e. The highest BCUT2D eigenvalue weighted by Crippen LogP contribution is 2.36. The summed E-state index contributed by atoms with van der Waals surface area (Å²) >= 11 is 0. The van der Waals surface area contributed by atoms with Gasteiger partial charge in [-0.3, -0.25) is 4.79 Å². The fourth-order valence-electron chi connectivity index (χ4n) is 3.66. The molecule has 1 atom stereocenters. The second-order valence-corrected chi connectivity index (χ2v) is 6.51. The number of aliphatic hydroxyl groups is 1. The van der Waals surface area contributed by atoms with Crippen LogP contribution in [0.2, 0.25) is 0 Å². The Morgan fingerprint density at radius 3 is 2.80 bits per heavy atom. The van der Waals surface area contributed by atoms with Crippen LogP contribution in [0.25, 0.3) is 0 Å². The molecular weight excluding hydrogens is 314 g/mol. The molecular formula is C21H25NO3. The average Bonchev–Trinajstić information content (AvgIpc) is 3.06. The van der Waals surface area contributed by atoms with Crippen LogP contribution in [-0.2, 0) is 6.42 Å². The Hall–Kier alpha value is -2.33. The highest BCUT2D eigenvalue weighted by atomic mass is 16.5. The van der Waals surface area contributed by atoms with Gasteiger partial charge in [-0.1, -0.05) is 24.3 Å². The topological polar surface area (TPSA) is 49.8 Å². The maximum atomic E-state index is 13.3. The standard InChI is InChI=1S/C21H25NO3/c1-15-14-17(25-2)9-10-18(15)21(24)22(12-5-13-23)20-11-8-16-6-3-4-7-19(16)20/h3-4,6-7,9-10,14,20,23H,5,8,11-13H2,1-2H3/t20-/m0/s1. The van der Waals surface area contributed by atoms with E-state index in [4.69, 9.17) is 4.74 Å². The monoisotopic (exact) mass is 339 g/mol. The van der Waals surface area contributed by atoms with Crippen LogP contribution < -0.4 is 4.74 Å². The van der Waals surface area contributed by atoms with Gasteiger partial charge in [-0.2, -0.15) is 0 Å². The lowest BCUT2D eigenvalue weighted by Crippen LogP contribution is -2.35. The highest BCUT2D eigenvalue weighted by molar-refractivity contribution is 5.96. The predicted molar refractivity (Wildman–Crippen MR) is 98.0 cm³/mol. The number of carbonyl (C=O) groups excluding carboxylic acids is 1. The van der Waals surface area contributed by atoms with Gasteiger partial charge in [0.25, 0.3) is 5.91 Å². The summed E-state index contributed by atoms with van der Waals surface area (Å²) in [6, 6.07) is 14.0. The molecule has 0 saturated heterocycles. The second kappa shape index (κ2) is 7.70. The Morgan fingerprint density at radius 2 is 2.08 bits per heavy atom. The number of ether oxygens (including phenoxy) is 1. The summed E-state index contributed by atoms with van der Waals surface area (Å²) < 4.78 is 5.24. The predicted octanol–water partition coefficient (Wildman–Crippen LogP) is 3.52. The normalized spacial score (nSPS) is 15.7. The van der Waals surface area contributed by atoms with Crippen molar-refractivity contribution >= 4 is 5.91 Å². The Balaban J connectivity index is 1.92. The van der Waals surface area contributed by atoms with E-state index in [0.29, 0.717) is 18.5 Å². The number of hydrogen-bond acceptors (Lipinski definition) is 3. The van der Waals surface area contributed by atoms with Crippen LogP contribution in [0.5, 0.6) is 5.75 Å². The van der Waals surface area contributed by atoms with Crippen molar-refractivity contribution in [2.24, 2.45) is 0 Å². The number of rotatable bonds is 6. The summed E-state index contributed by atoms with van der Waals surface area (Å²) in [5.41, 5.74) is 4.16. The summed E-state index contributed by atoms with van der Waals surface area (Å²) in [4.78, 5) is 15.2. The van der Waals surface area contributed by atoms with Gasteiger partial charge >= 0.3 is 0 Å². The maximum absolute atomic E-state index is 13.3. The molecule has 1 amide bonds.